The summed E-state index contributed by atoms with van der Waals surface area (Å²) >= 11 is 0. The van der Waals surface area contributed by atoms with Gasteiger partial charge in [-0.1, -0.05) is 6.07 Å². The molecule has 162 valence electrons. The highest BCUT2D eigenvalue weighted by Gasteiger charge is 2.27. The molecule has 0 fully saturated rings. The fraction of sp³-hybridized carbons (Fsp3) is 0.222. The Morgan fingerprint density at radius 1 is 1.00 bits per heavy atom. The van der Waals surface area contributed by atoms with Gasteiger partial charge in [0.2, 0.25) is 5.91 Å². The third kappa shape index (κ3) is 6.72. The molecule has 2 aromatic rings. The van der Waals surface area contributed by atoms with E-state index in [-0.39, 0.29) is 16.1 Å². The quantitative estimate of drug-likeness (QED) is 0.567. The number of nitrogens with one attached hydrogen (secondary N) is 3. The average molecular weight is 447 g/mol. The van der Waals surface area contributed by atoms with Gasteiger partial charge < -0.3 is 10.6 Å². The molecule has 0 aliphatic heterocycles. The van der Waals surface area contributed by atoms with E-state index in [0.717, 1.165) is 18.2 Å². The largest absolute Gasteiger partial charge is 0.405 e. The third-order valence-corrected chi connectivity index (χ3v) is 5.13. The van der Waals surface area contributed by atoms with Crippen molar-refractivity contribution in [2.45, 2.75) is 18.0 Å². The minimum absolute atomic E-state index is 0.0828. The molecule has 0 saturated carbocycles. The zero-order valence-electron chi connectivity index (χ0n) is 15.5. The highest BCUT2D eigenvalue weighted by Crippen LogP contribution is 2.19. The lowest BCUT2D eigenvalue weighted by molar-refractivity contribution is -0.137. The molecule has 3 N–H and O–H groups in total. The number of carbonyl (C=O) groups excluding carboxylic acids is 2. The summed E-state index contributed by atoms with van der Waals surface area (Å²) < 4.78 is 76.5. The second-order valence-corrected chi connectivity index (χ2v) is 7.85. The molecule has 12 heteroatoms. The van der Waals surface area contributed by atoms with Gasteiger partial charge >= 0.3 is 6.18 Å². The van der Waals surface area contributed by atoms with Crippen molar-refractivity contribution in [2.75, 3.05) is 17.8 Å². The van der Waals surface area contributed by atoms with Crippen molar-refractivity contribution < 1.29 is 35.6 Å². The predicted molar refractivity (Wildman–Crippen MR) is 99.8 cm³/mol. The van der Waals surface area contributed by atoms with E-state index in [1.165, 1.54) is 31.2 Å². The number of hydrogen-bond acceptors (Lipinski definition) is 4. The van der Waals surface area contributed by atoms with Gasteiger partial charge in [-0.15, -0.1) is 0 Å². The van der Waals surface area contributed by atoms with Crippen LogP contribution in [0.1, 0.15) is 15.9 Å². The molecule has 0 unspecified atom stereocenters. The Morgan fingerprint density at radius 2 is 1.63 bits per heavy atom. The maximum atomic E-state index is 13.0. The van der Waals surface area contributed by atoms with Crippen molar-refractivity contribution in [3.05, 3.63) is 59.4 Å². The summed E-state index contributed by atoms with van der Waals surface area (Å²) in [5.41, 5.74) is 0.397. The molecular formula is C18H17F4N3O4S. The maximum absolute atomic E-state index is 13.0. The monoisotopic (exact) mass is 447 g/mol. The first-order valence-electron chi connectivity index (χ1n) is 8.38. The van der Waals surface area contributed by atoms with Crippen LogP contribution in [0, 0.1) is 12.7 Å². The smallest absolute Gasteiger partial charge is 0.345 e. The molecular weight excluding hydrogens is 430 g/mol. The Hall–Kier alpha value is -3.15. The summed E-state index contributed by atoms with van der Waals surface area (Å²) in [5, 5.41) is 3.73. The molecule has 0 aliphatic rings. The van der Waals surface area contributed by atoms with Crippen LogP contribution in [0.2, 0.25) is 0 Å². The average Bonchev–Trinajstić information content (AvgIpc) is 2.65. The molecule has 0 saturated heterocycles. The Labute approximate surface area is 169 Å². The number of amides is 2. The first kappa shape index (κ1) is 23.1. The van der Waals surface area contributed by atoms with Crippen molar-refractivity contribution in [3.8, 4) is 0 Å². The van der Waals surface area contributed by atoms with Crippen LogP contribution in [-0.2, 0) is 14.8 Å². The summed E-state index contributed by atoms with van der Waals surface area (Å²) in [5.74, 6) is -2.44. The fourth-order valence-electron chi connectivity index (χ4n) is 2.26. The van der Waals surface area contributed by atoms with Gasteiger partial charge in [0, 0.05) is 11.3 Å². The van der Waals surface area contributed by atoms with Gasteiger partial charge in [0.05, 0.1) is 11.4 Å². The Bertz CT molecular complexity index is 1040. The lowest BCUT2D eigenvalue weighted by Gasteiger charge is -2.12. The topological polar surface area (TPSA) is 104 Å². The zero-order valence-corrected chi connectivity index (χ0v) is 16.3. The molecule has 0 atom stereocenters. The third-order valence-electron chi connectivity index (χ3n) is 3.76. The van der Waals surface area contributed by atoms with E-state index < -0.39 is 46.9 Å². The number of anilines is 1. The normalized spacial score (nSPS) is 11.6. The number of hydrogen-bond donors (Lipinski definition) is 3. The van der Waals surface area contributed by atoms with Gasteiger partial charge in [-0.25, -0.2) is 12.8 Å². The Kier molecular flexibility index (Phi) is 7.03. The van der Waals surface area contributed by atoms with Crippen molar-refractivity contribution >= 4 is 27.5 Å². The van der Waals surface area contributed by atoms with E-state index in [4.69, 9.17) is 0 Å². The van der Waals surface area contributed by atoms with E-state index >= 15 is 0 Å². The lowest BCUT2D eigenvalue weighted by Crippen LogP contribution is -2.41. The SMILES string of the molecule is Cc1ccc(S(=O)(=O)Nc2ccc(F)cc2)cc1C(=O)NCC(=O)NCC(F)(F)F. The van der Waals surface area contributed by atoms with Crippen molar-refractivity contribution in [3.63, 3.8) is 0 Å². The molecule has 2 rings (SSSR count). The number of carbonyl (C=O) groups is 2. The van der Waals surface area contributed by atoms with Gasteiger partial charge in [-0.2, -0.15) is 13.2 Å². The molecule has 2 aromatic carbocycles. The van der Waals surface area contributed by atoms with Crippen LogP contribution in [0.4, 0.5) is 23.2 Å². The molecule has 7 nitrogen and oxygen atoms in total. The van der Waals surface area contributed by atoms with Crippen LogP contribution in [-0.4, -0.2) is 39.5 Å². The summed E-state index contributed by atoms with van der Waals surface area (Å²) in [7, 11) is -4.11. The molecule has 0 heterocycles. The molecule has 2 amide bonds. The standard InChI is InChI=1S/C18H17F4N3O4S/c1-11-2-7-14(30(28,29)25-13-5-3-12(19)4-6-13)8-15(11)17(27)23-9-16(26)24-10-18(20,21)22/h2-8,25H,9-10H2,1H3,(H,23,27)(H,24,26). The van der Waals surface area contributed by atoms with E-state index in [1.807, 2.05) is 0 Å². The van der Waals surface area contributed by atoms with Gasteiger partial charge in [0.1, 0.15) is 12.4 Å². The number of sulfonamides is 1. The lowest BCUT2D eigenvalue weighted by atomic mass is 10.1. The van der Waals surface area contributed by atoms with Crippen molar-refractivity contribution in [1.82, 2.24) is 10.6 Å². The first-order chi connectivity index (χ1) is 13.9. The van der Waals surface area contributed by atoms with Crippen molar-refractivity contribution in [2.24, 2.45) is 0 Å². The Balaban J connectivity index is 2.11. The van der Waals surface area contributed by atoms with E-state index in [9.17, 15) is 35.6 Å². The second kappa shape index (κ2) is 9.11. The van der Waals surface area contributed by atoms with Gasteiger partial charge in [-0.3, -0.25) is 14.3 Å². The highest BCUT2D eigenvalue weighted by molar-refractivity contribution is 7.92. The number of benzene rings is 2. The number of alkyl halides is 3. The molecule has 0 bridgehead atoms. The van der Waals surface area contributed by atoms with Crippen LogP contribution < -0.4 is 15.4 Å². The van der Waals surface area contributed by atoms with Crippen LogP contribution in [0.25, 0.3) is 0 Å². The molecule has 0 aliphatic carbocycles. The molecule has 0 aromatic heterocycles. The second-order valence-electron chi connectivity index (χ2n) is 6.16. The molecule has 0 spiro atoms. The maximum Gasteiger partial charge on any atom is 0.405 e. The highest BCUT2D eigenvalue weighted by atomic mass is 32.2. The van der Waals surface area contributed by atoms with E-state index in [1.54, 1.807) is 5.32 Å². The van der Waals surface area contributed by atoms with Gasteiger partial charge in [0.25, 0.3) is 15.9 Å². The van der Waals surface area contributed by atoms with Gasteiger partial charge in [0.15, 0.2) is 0 Å². The van der Waals surface area contributed by atoms with E-state index in [0.29, 0.717) is 5.56 Å². The van der Waals surface area contributed by atoms with Crippen molar-refractivity contribution in [1.29, 1.82) is 0 Å². The summed E-state index contributed by atoms with van der Waals surface area (Å²) in [4.78, 5) is 23.4. The number of halogens is 4. The van der Waals surface area contributed by atoms with E-state index in [2.05, 4.69) is 10.0 Å². The first-order valence-corrected chi connectivity index (χ1v) is 9.86. The zero-order chi connectivity index (χ0) is 22.5. The summed E-state index contributed by atoms with van der Waals surface area (Å²) in [6.07, 6.45) is -4.59. The van der Waals surface area contributed by atoms with Crippen LogP contribution in [0.15, 0.2) is 47.4 Å². The van der Waals surface area contributed by atoms with Crippen LogP contribution in [0.3, 0.4) is 0 Å². The summed E-state index contributed by atoms with van der Waals surface area (Å²) in [6, 6.07) is 8.23. The number of aryl methyl sites for hydroxylation is 1. The molecule has 30 heavy (non-hydrogen) atoms. The Morgan fingerprint density at radius 3 is 2.23 bits per heavy atom. The van der Waals surface area contributed by atoms with Gasteiger partial charge in [-0.05, 0) is 48.9 Å². The summed E-state index contributed by atoms with van der Waals surface area (Å²) in [6.45, 7) is -0.745. The minimum Gasteiger partial charge on any atom is -0.345 e. The number of rotatable bonds is 7. The predicted octanol–water partition coefficient (Wildman–Crippen LogP) is 2.34. The van der Waals surface area contributed by atoms with Crippen LogP contribution in [0.5, 0.6) is 0 Å². The molecule has 0 radical (unpaired) electrons. The van der Waals surface area contributed by atoms with Crippen LogP contribution >= 0.6 is 0 Å². The fourth-order valence-corrected chi connectivity index (χ4v) is 3.35. The minimum atomic E-state index is -4.59.